The molecule has 106 valence electrons. The minimum Gasteiger partial charge on any atom is -0.335 e. The van der Waals surface area contributed by atoms with E-state index in [1.54, 1.807) is 10.9 Å². The van der Waals surface area contributed by atoms with E-state index in [-0.39, 0.29) is 5.91 Å². The molecule has 0 aliphatic carbocycles. The molecule has 0 atom stereocenters. The molecule has 1 aliphatic heterocycles. The highest BCUT2D eigenvalue weighted by molar-refractivity contribution is 7.17. The van der Waals surface area contributed by atoms with Gasteiger partial charge in [-0.2, -0.15) is 5.10 Å². The van der Waals surface area contributed by atoms with Crippen molar-refractivity contribution in [2.75, 3.05) is 26.2 Å². The molecule has 6 nitrogen and oxygen atoms in total. The molecule has 0 radical (unpaired) electrons. The van der Waals surface area contributed by atoms with E-state index in [1.807, 2.05) is 25.1 Å². The largest absolute Gasteiger partial charge is 0.335 e. The minimum absolute atomic E-state index is 0.0941. The fraction of sp³-hybridized carbons (Fsp3) is 0.462. The summed E-state index contributed by atoms with van der Waals surface area (Å²) in [4.78, 5) is 19.7. The number of aryl methyl sites for hydroxylation is 2. The fourth-order valence-corrected chi connectivity index (χ4v) is 3.27. The summed E-state index contributed by atoms with van der Waals surface area (Å²) < 4.78 is 1.74. The van der Waals surface area contributed by atoms with Gasteiger partial charge in [-0.3, -0.25) is 9.48 Å². The van der Waals surface area contributed by atoms with Crippen molar-refractivity contribution in [3.8, 4) is 10.6 Å². The smallest absolute Gasteiger partial charge is 0.265 e. The zero-order valence-electron chi connectivity index (χ0n) is 11.6. The van der Waals surface area contributed by atoms with Crippen LogP contribution in [0.1, 0.15) is 15.4 Å². The molecule has 7 heteroatoms. The first-order valence-corrected chi connectivity index (χ1v) is 7.43. The molecule has 0 unspecified atom stereocenters. The van der Waals surface area contributed by atoms with E-state index >= 15 is 0 Å². The highest BCUT2D eigenvalue weighted by Crippen LogP contribution is 2.28. The third kappa shape index (κ3) is 2.46. The Kier molecular flexibility index (Phi) is 3.54. The number of nitrogens with zero attached hydrogens (tertiary/aromatic N) is 4. The van der Waals surface area contributed by atoms with E-state index in [0.29, 0.717) is 0 Å². The maximum atomic E-state index is 12.5. The fourth-order valence-electron chi connectivity index (χ4n) is 2.26. The average Bonchev–Trinajstić information content (AvgIpc) is 3.05. The van der Waals surface area contributed by atoms with Gasteiger partial charge in [-0.25, -0.2) is 4.98 Å². The van der Waals surface area contributed by atoms with Gasteiger partial charge in [-0.15, -0.1) is 11.3 Å². The summed E-state index contributed by atoms with van der Waals surface area (Å²) in [6.45, 7) is 5.14. The Morgan fingerprint density at radius 2 is 2.15 bits per heavy atom. The number of amides is 1. The highest BCUT2D eigenvalue weighted by Gasteiger charge is 2.23. The molecular formula is C13H17N5OS. The molecule has 2 aromatic heterocycles. The molecule has 20 heavy (non-hydrogen) atoms. The van der Waals surface area contributed by atoms with Crippen molar-refractivity contribution in [3.05, 3.63) is 23.0 Å². The van der Waals surface area contributed by atoms with Gasteiger partial charge in [0.1, 0.15) is 9.88 Å². The summed E-state index contributed by atoms with van der Waals surface area (Å²) in [5, 5.41) is 8.25. The van der Waals surface area contributed by atoms with Gasteiger partial charge >= 0.3 is 0 Å². The van der Waals surface area contributed by atoms with Crippen molar-refractivity contribution in [1.29, 1.82) is 0 Å². The lowest BCUT2D eigenvalue weighted by atomic mass is 10.3. The maximum Gasteiger partial charge on any atom is 0.265 e. The van der Waals surface area contributed by atoms with Crippen LogP contribution in [0.15, 0.2) is 12.4 Å². The Bertz CT molecular complexity index is 626. The van der Waals surface area contributed by atoms with Gasteiger partial charge in [0.2, 0.25) is 0 Å². The summed E-state index contributed by atoms with van der Waals surface area (Å²) in [5.41, 5.74) is 1.76. The van der Waals surface area contributed by atoms with Crippen LogP contribution < -0.4 is 5.32 Å². The Morgan fingerprint density at radius 3 is 2.80 bits per heavy atom. The van der Waals surface area contributed by atoms with Crippen LogP contribution in [-0.2, 0) is 7.05 Å². The highest BCUT2D eigenvalue weighted by atomic mass is 32.1. The molecule has 3 heterocycles. The topological polar surface area (TPSA) is 63.1 Å². The summed E-state index contributed by atoms with van der Waals surface area (Å²) >= 11 is 1.45. The molecule has 1 saturated heterocycles. The van der Waals surface area contributed by atoms with Crippen LogP contribution in [0.5, 0.6) is 0 Å². The van der Waals surface area contributed by atoms with Crippen LogP contribution in [0.2, 0.25) is 0 Å². The van der Waals surface area contributed by atoms with Gasteiger partial charge in [0.25, 0.3) is 5.91 Å². The van der Waals surface area contributed by atoms with Gasteiger partial charge < -0.3 is 10.2 Å². The van der Waals surface area contributed by atoms with E-state index in [0.717, 1.165) is 47.3 Å². The second-order valence-electron chi connectivity index (χ2n) is 4.88. The lowest BCUT2D eigenvalue weighted by Gasteiger charge is -2.26. The molecule has 0 saturated carbocycles. The first-order chi connectivity index (χ1) is 9.65. The number of aromatic nitrogens is 3. The van der Waals surface area contributed by atoms with E-state index in [1.165, 1.54) is 11.3 Å². The van der Waals surface area contributed by atoms with E-state index < -0.39 is 0 Å². The molecular weight excluding hydrogens is 274 g/mol. The molecule has 1 amide bonds. The maximum absolute atomic E-state index is 12.5. The summed E-state index contributed by atoms with van der Waals surface area (Å²) in [5.74, 6) is 0.0941. The first-order valence-electron chi connectivity index (χ1n) is 6.61. The van der Waals surface area contributed by atoms with Gasteiger partial charge in [0, 0.05) is 45.0 Å². The number of hydrogen-bond donors (Lipinski definition) is 1. The average molecular weight is 291 g/mol. The Balaban J connectivity index is 1.86. The Labute approximate surface area is 121 Å². The predicted octanol–water partition coefficient (Wildman–Crippen LogP) is 0.897. The normalized spacial score (nSPS) is 15.6. The van der Waals surface area contributed by atoms with Crippen LogP contribution in [0.4, 0.5) is 0 Å². The molecule has 0 spiro atoms. The molecule has 1 fully saturated rings. The lowest BCUT2D eigenvalue weighted by molar-refractivity contribution is 0.0740. The second kappa shape index (κ2) is 5.34. The molecule has 0 aromatic carbocycles. The monoisotopic (exact) mass is 291 g/mol. The van der Waals surface area contributed by atoms with Crippen LogP contribution in [-0.4, -0.2) is 51.8 Å². The number of carbonyl (C=O) groups excluding carboxylic acids is 1. The molecule has 3 rings (SSSR count). The van der Waals surface area contributed by atoms with Crippen molar-refractivity contribution in [3.63, 3.8) is 0 Å². The Hall–Kier alpha value is -1.73. The molecule has 1 N–H and O–H groups in total. The first kappa shape index (κ1) is 13.3. The standard InChI is InChI=1S/C13H17N5OS/c1-9-11(13(19)18-5-3-14-4-6-18)20-12(16-9)10-7-15-17(2)8-10/h7-8,14H,3-6H2,1-2H3. The summed E-state index contributed by atoms with van der Waals surface area (Å²) in [6.07, 6.45) is 3.69. The van der Waals surface area contributed by atoms with Crippen molar-refractivity contribution in [2.45, 2.75) is 6.92 Å². The second-order valence-corrected chi connectivity index (χ2v) is 5.88. The van der Waals surface area contributed by atoms with Crippen molar-refractivity contribution >= 4 is 17.2 Å². The Morgan fingerprint density at radius 1 is 1.40 bits per heavy atom. The van der Waals surface area contributed by atoms with E-state index in [9.17, 15) is 4.79 Å². The zero-order valence-corrected chi connectivity index (χ0v) is 12.4. The third-order valence-corrected chi connectivity index (χ3v) is 4.54. The van der Waals surface area contributed by atoms with Gasteiger partial charge in [-0.1, -0.05) is 0 Å². The van der Waals surface area contributed by atoms with Gasteiger partial charge in [0.05, 0.1) is 11.9 Å². The predicted molar refractivity (Wildman–Crippen MR) is 77.8 cm³/mol. The number of carbonyl (C=O) groups is 1. The summed E-state index contributed by atoms with van der Waals surface area (Å²) in [6, 6.07) is 0. The van der Waals surface area contributed by atoms with Crippen LogP contribution >= 0.6 is 11.3 Å². The number of nitrogens with one attached hydrogen (secondary N) is 1. The number of rotatable bonds is 2. The van der Waals surface area contributed by atoms with Gasteiger partial charge in [-0.05, 0) is 6.92 Å². The molecule has 0 bridgehead atoms. The number of hydrogen-bond acceptors (Lipinski definition) is 5. The van der Waals surface area contributed by atoms with Gasteiger partial charge in [0.15, 0.2) is 0 Å². The SMILES string of the molecule is Cc1nc(-c2cnn(C)c2)sc1C(=O)N1CCNCC1. The number of piperazine rings is 1. The molecule has 1 aliphatic rings. The van der Waals surface area contributed by atoms with Crippen LogP contribution in [0.25, 0.3) is 10.6 Å². The van der Waals surface area contributed by atoms with E-state index in [2.05, 4.69) is 15.4 Å². The van der Waals surface area contributed by atoms with Crippen molar-refractivity contribution < 1.29 is 4.79 Å². The van der Waals surface area contributed by atoms with Crippen LogP contribution in [0, 0.1) is 6.92 Å². The minimum atomic E-state index is 0.0941. The third-order valence-electron chi connectivity index (χ3n) is 3.35. The zero-order chi connectivity index (χ0) is 14.1. The summed E-state index contributed by atoms with van der Waals surface area (Å²) in [7, 11) is 1.87. The van der Waals surface area contributed by atoms with Crippen LogP contribution in [0.3, 0.4) is 0 Å². The quantitative estimate of drug-likeness (QED) is 0.893. The van der Waals surface area contributed by atoms with Crippen molar-refractivity contribution in [2.24, 2.45) is 7.05 Å². The lowest BCUT2D eigenvalue weighted by Crippen LogP contribution is -2.46. The van der Waals surface area contributed by atoms with Crippen molar-refractivity contribution in [1.82, 2.24) is 25.0 Å². The molecule has 2 aromatic rings. The number of thiazole rings is 1. The van der Waals surface area contributed by atoms with E-state index in [4.69, 9.17) is 0 Å².